The summed E-state index contributed by atoms with van der Waals surface area (Å²) in [6.45, 7) is 19.2. The van der Waals surface area contributed by atoms with Gasteiger partial charge in [0, 0.05) is 49.9 Å². The van der Waals surface area contributed by atoms with Gasteiger partial charge in [-0.15, -0.1) is 0 Å². The van der Waals surface area contributed by atoms with Gasteiger partial charge >= 0.3 is 18.3 Å². The maximum atomic E-state index is 13.5. The Hall–Kier alpha value is -4.18. The van der Waals surface area contributed by atoms with Gasteiger partial charge in [0.05, 0.1) is 0 Å². The lowest BCUT2D eigenvalue weighted by atomic mass is 9.98. The maximum absolute atomic E-state index is 13.5. The minimum atomic E-state index is -0.870. The Balaban J connectivity index is 1.71. The average Bonchev–Trinajstić information content (AvgIpc) is 2.91. The Morgan fingerprint density at radius 3 is 1.82 bits per heavy atom. The first-order valence-corrected chi connectivity index (χ1v) is 15.3. The zero-order valence-electron chi connectivity index (χ0n) is 28.0. The highest BCUT2D eigenvalue weighted by Gasteiger charge is 2.35. The number of imide groups is 1. The number of ether oxygens (including phenoxy) is 3. The number of amides is 3. The molecule has 0 radical (unpaired) electrons. The van der Waals surface area contributed by atoms with Crippen LogP contribution in [-0.2, 0) is 20.8 Å². The van der Waals surface area contributed by atoms with E-state index >= 15 is 0 Å². The van der Waals surface area contributed by atoms with Gasteiger partial charge in [0.25, 0.3) is 0 Å². The zero-order chi connectivity index (χ0) is 33.2. The summed E-state index contributed by atoms with van der Waals surface area (Å²) in [4.78, 5) is 49.1. The van der Waals surface area contributed by atoms with Gasteiger partial charge < -0.3 is 19.1 Å². The van der Waals surface area contributed by atoms with Crippen molar-refractivity contribution in [3.63, 3.8) is 0 Å². The molecule has 0 N–H and O–H groups in total. The van der Waals surface area contributed by atoms with Crippen molar-refractivity contribution in [2.45, 2.75) is 85.7 Å². The molecule has 10 nitrogen and oxygen atoms in total. The number of nitrogens with zero attached hydrogens (tertiary/aromatic N) is 4. The van der Waals surface area contributed by atoms with E-state index in [0.29, 0.717) is 38.1 Å². The van der Waals surface area contributed by atoms with E-state index in [2.05, 4.69) is 16.0 Å². The number of piperazine rings is 1. The molecular formula is C35H46N4O6. The first-order valence-electron chi connectivity index (χ1n) is 15.3. The Labute approximate surface area is 266 Å². The number of aromatic nitrogens is 1. The van der Waals surface area contributed by atoms with E-state index in [9.17, 15) is 14.4 Å². The smallest absolute Gasteiger partial charge is 0.425 e. The highest BCUT2D eigenvalue weighted by molar-refractivity contribution is 6.15. The van der Waals surface area contributed by atoms with Gasteiger partial charge in [0.15, 0.2) is 5.82 Å². The fraction of sp³-hybridized carbons (Fsp3) is 0.486. The second-order valence-corrected chi connectivity index (χ2v) is 14.3. The molecule has 45 heavy (non-hydrogen) atoms. The molecule has 242 valence electrons. The van der Waals surface area contributed by atoms with Gasteiger partial charge in [0.2, 0.25) is 0 Å². The molecule has 10 heteroatoms. The molecule has 1 fully saturated rings. The second-order valence-electron chi connectivity index (χ2n) is 14.3. The number of rotatable bonds is 4. The van der Waals surface area contributed by atoms with Crippen molar-refractivity contribution in [1.29, 1.82) is 0 Å². The molecule has 0 unspecified atom stereocenters. The van der Waals surface area contributed by atoms with Gasteiger partial charge in [-0.3, -0.25) is 4.90 Å². The minimum absolute atomic E-state index is 0.130. The van der Waals surface area contributed by atoms with E-state index in [1.54, 1.807) is 52.6 Å². The number of fused-ring (bicyclic) bond motifs is 1. The summed E-state index contributed by atoms with van der Waals surface area (Å²) in [5.41, 5.74) is 0.621. The van der Waals surface area contributed by atoms with Crippen LogP contribution in [0.3, 0.4) is 0 Å². The van der Waals surface area contributed by atoms with Crippen LogP contribution in [0.2, 0.25) is 0 Å². The first kappa shape index (κ1) is 33.7. The lowest BCUT2D eigenvalue weighted by Gasteiger charge is -2.35. The molecule has 1 saturated heterocycles. The molecular weight excluding hydrogens is 572 g/mol. The minimum Gasteiger partial charge on any atom is -0.444 e. The lowest BCUT2D eigenvalue weighted by molar-refractivity contribution is 0.0138. The summed E-state index contributed by atoms with van der Waals surface area (Å²) in [5.74, 6) is 0.130. The number of hydrogen-bond donors (Lipinski definition) is 0. The molecule has 4 rings (SSSR count). The molecule has 0 aliphatic carbocycles. The lowest BCUT2D eigenvalue weighted by Crippen LogP contribution is -2.49. The Morgan fingerprint density at radius 1 is 0.733 bits per heavy atom. The van der Waals surface area contributed by atoms with Crippen molar-refractivity contribution in [3.05, 3.63) is 60.3 Å². The standard InChI is InChI=1S/C35H46N4O6/c1-33(2,3)43-30(40)38-19-17-37(18-20-38)23-24-15-16-26-27(21-24)28(25-13-11-10-12-14-25)22-36-29(26)39(31(41)44-34(4,5)6)32(42)45-35(7,8)9/h10-16,21-22H,17-20,23H2,1-9H3. The van der Waals surface area contributed by atoms with Crippen molar-refractivity contribution in [3.8, 4) is 11.1 Å². The molecule has 1 aliphatic heterocycles. The number of pyridine rings is 1. The van der Waals surface area contributed by atoms with Crippen LogP contribution in [0, 0.1) is 0 Å². The predicted octanol–water partition coefficient (Wildman–Crippen LogP) is 7.63. The molecule has 0 bridgehead atoms. The van der Waals surface area contributed by atoms with Crippen LogP contribution < -0.4 is 4.90 Å². The normalized spacial score (nSPS) is 14.6. The number of carbonyl (C=O) groups excluding carboxylic acids is 3. The van der Waals surface area contributed by atoms with E-state index < -0.39 is 29.0 Å². The predicted molar refractivity (Wildman–Crippen MR) is 175 cm³/mol. The third kappa shape index (κ3) is 9.17. The number of carbonyl (C=O) groups is 3. The molecule has 1 aliphatic rings. The van der Waals surface area contributed by atoms with Crippen molar-refractivity contribution in [1.82, 2.24) is 14.8 Å². The molecule has 2 heterocycles. The maximum Gasteiger partial charge on any atom is 0.425 e. The topological polar surface area (TPSA) is 102 Å². The Kier molecular flexibility index (Phi) is 9.77. The van der Waals surface area contributed by atoms with E-state index in [4.69, 9.17) is 14.2 Å². The summed E-state index contributed by atoms with van der Waals surface area (Å²) >= 11 is 0. The van der Waals surface area contributed by atoms with E-state index in [1.165, 1.54) is 0 Å². The van der Waals surface area contributed by atoms with Gasteiger partial charge in [-0.25, -0.2) is 19.4 Å². The van der Waals surface area contributed by atoms with Gasteiger partial charge in [-0.05, 0) is 84.9 Å². The van der Waals surface area contributed by atoms with Crippen LogP contribution in [0.15, 0.2) is 54.7 Å². The fourth-order valence-electron chi connectivity index (χ4n) is 4.93. The Bertz CT molecular complexity index is 1500. The molecule has 0 saturated carbocycles. The summed E-state index contributed by atoms with van der Waals surface area (Å²) in [6.07, 6.45) is -0.354. The SMILES string of the molecule is CC(C)(C)OC(=O)N1CCN(Cc2ccc3c(N(C(=O)OC(C)(C)C)C(=O)OC(C)(C)C)ncc(-c4ccccc4)c3c2)CC1. The highest BCUT2D eigenvalue weighted by atomic mass is 16.6. The van der Waals surface area contributed by atoms with Crippen LogP contribution in [0.4, 0.5) is 20.2 Å². The van der Waals surface area contributed by atoms with Gasteiger partial charge in [0.1, 0.15) is 16.8 Å². The van der Waals surface area contributed by atoms with E-state index in [-0.39, 0.29) is 11.9 Å². The highest BCUT2D eigenvalue weighted by Crippen LogP contribution is 2.35. The largest absolute Gasteiger partial charge is 0.444 e. The van der Waals surface area contributed by atoms with Crippen molar-refractivity contribution in [2.24, 2.45) is 0 Å². The van der Waals surface area contributed by atoms with E-state index in [1.807, 2.05) is 63.2 Å². The van der Waals surface area contributed by atoms with Gasteiger partial charge in [-0.2, -0.15) is 4.90 Å². The quantitative estimate of drug-likeness (QED) is 0.275. The van der Waals surface area contributed by atoms with Crippen molar-refractivity contribution >= 4 is 34.9 Å². The third-order valence-electron chi connectivity index (χ3n) is 6.81. The summed E-state index contributed by atoms with van der Waals surface area (Å²) in [5, 5.41) is 1.43. The van der Waals surface area contributed by atoms with Crippen LogP contribution in [0.25, 0.3) is 21.9 Å². The molecule has 3 amide bonds. The van der Waals surface area contributed by atoms with E-state index in [0.717, 1.165) is 27.0 Å². The third-order valence-corrected chi connectivity index (χ3v) is 6.81. The summed E-state index contributed by atoms with van der Waals surface area (Å²) in [6, 6.07) is 15.8. The molecule has 0 atom stereocenters. The van der Waals surface area contributed by atoms with Crippen molar-refractivity contribution in [2.75, 3.05) is 31.1 Å². The molecule has 3 aromatic rings. The zero-order valence-corrected chi connectivity index (χ0v) is 28.0. The number of hydrogen-bond acceptors (Lipinski definition) is 8. The van der Waals surface area contributed by atoms with Gasteiger partial charge in [-0.1, -0.05) is 42.5 Å². The molecule has 1 aromatic heterocycles. The van der Waals surface area contributed by atoms with Crippen LogP contribution in [-0.4, -0.2) is 76.0 Å². The molecule has 0 spiro atoms. The summed E-state index contributed by atoms with van der Waals surface area (Å²) in [7, 11) is 0. The summed E-state index contributed by atoms with van der Waals surface area (Å²) < 4.78 is 16.8. The fourth-order valence-corrected chi connectivity index (χ4v) is 4.93. The van der Waals surface area contributed by atoms with Crippen LogP contribution >= 0.6 is 0 Å². The first-order chi connectivity index (χ1) is 20.9. The Morgan fingerprint density at radius 2 is 1.29 bits per heavy atom. The van der Waals surface area contributed by atoms with Crippen molar-refractivity contribution < 1.29 is 28.6 Å². The molecule has 2 aromatic carbocycles. The second kappa shape index (κ2) is 13.0. The number of benzene rings is 2. The number of anilines is 1. The van der Waals surface area contributed by atoms with Crippen LogP contribution in [0.1, 0.15) is 67.9 Å². The average molecular weight is 619 g/mol. The van der Waals surface area contributed by atoms with Crippen LogP contribution in [0.5, 0.6) is 0 Å². The monoisotopic (exact) mass is 618 g/mol.